The van der Waals surface area contributed by atoms with Crippen LogP contribution in [0.15, 0.2) is 48.5 Å². The number of amides is 2. The second-order valence-electron chi connectivity index (χ2n) is 13.0. The molecule has 4 aliphatic carbocycles. The van der Waals surface area contributed by atoms with Crippen LogP contribution in [0, 0.1) is 17.3 Å². The molecule has 0 aromatic heterocycles. The summed E-state index contributed by atoms with van der Waals surface area (Å²) in [6.07, 6.45) is 10.9. The average Bonchev–Trinajstić information content (AvgIpc) is 3.47. The molecule has 5 fully saturated rings. The molecule has 2 aromatic carbocycles. The Morgan fingerprint density at radius 3 is 2.48 bits per heavy atom. The van der Waals surface area contributed by atoms with Crippen molar-refractivity contribution in [3.8, 4) is 5.75 Å². The molecule has 1 heterocycles. The van der Waals surface area contributed by atoms with Crippen LogP contribution in [-0.2, 0) is 10.2 Å². The van der Waals surface area contributed by atoms with Gasteiger partial charge in [0.2, 0.25) is 0 Å². The molecule has 3 N–H and O–H groups in total. The molecule has 4 bridgehead atoms. The molecule has 7 heteroatoms. The number of hydrogen-bond donors (Lipinski definition) is 3. The molecule has 7 rings (SSSR count). The van der Waals surface area contributed by atoms with Crippen LogP contribution in [-0.4, -0.2) is 63.1 Å². The molecule has 2 atom stereocenters. The Morgan fingerprint density at radius 2 is 1.75 bits per heavy atom. The minimum atomic E-state index is -0.251. The molecule has 214 valence electrons. The van der Waals surface area contributed by atoms with E-state index in [9.17, 15) is 9.59 Å². The molecule has 40 heavy (non-hydrogen) atoms. The van der Waals surface area contributed by atoms with Crippen molar-refractivity contribution in [1.29, 1.82) is 0 Å². The van der Waals surface area contributed by atoms with E-state index in [1.54, 1.807) is 31.3 Å². The minimum Gasteiger partial charge on any atom is -0.484 e. The van der Waals surface area contributed by atoms with Crippen LogP contribution in [0.1, 0.15) is 67.3 Å². The number of anilines is 1. The van der Waals surface area contributed by atoms with Gasteiger partial charge in [-0.1, -0.05) is 18.2 Å². The number of ether oxygens (including phenoxy) is 1. The zero-order valence-electron chi connectivity index (χ0n) is 23.8. The smallest absolute Gasteiger partial charge is 0.262 e. The van der Waals surface area contributed by atoms with Crippen LogP contribution >= 0.6 is 0 Å². The number of likely N-dealkylation sites (tertiary alicyclic amines) is 1. The minimum absolute atomic E-state index is 0.0783. The van der Waals surface area contributed by atoms with Crippen LogP contribution in [0.25, 0.3) is 0 Å². The highest BCUT2D eigenvalue weighted by Crippen LogP contribution is 2.65. The van der Waals surface area contributed by atoms with Gasteiger partial charge < -0.3 is 25.6 Å². The molecule has 0 spiro atoms. The highest BCUT2D eigenvalue weighted by Gasteiger charge is 2.57. The van der Waals surface area contributed by atoms with E-state index in [1.165, 1.54) is 76.6 Å². The molecule has 1 saturated heterocycles. The van der Waals surface area contributed by atoms with Gasteiger partial charge in [0.15, 0.2) is 6.61 Å². The zero-order valence-corrected chi connectivity index (χ0v) is 23.8. The quantitative estimate of drug-likeness (QED) is 0.361. The fraction of sp³-hybridized carbons (Fsp3) is 0.576. The van der Waals surface area contributed by atoms with Crippen molar-refractivity contribution in [3.63, 3.8) is 0 Å². The van der Waals surface area contributed by atoms with Crippen LogP contribution < -0.4 is 20.7 Å². The summed E-state index contributed by atoms with van der Waals surface area (Å²) in [7, 11) is 1.59. The summed E-state index contributed by atoms with van der Waals surface area (Å²) in [5, 5.41) is 9.30. The van der Waals surface area contributed by atoms with E-state index >= 15 is 0 Å². The van der Waals surface area contributed by atoms with Gasteiger partial charge in [-0.15, -0.1) is 0 Å². The summed E-state index contributed by atoms with van der Waals surface area (Å²) >= 11 is 0. The van der Waals surface area contributed by atoms with E-state index in [4.69, 9.17) is 4.74 Å². The Labute approximate surface area is 238 Å². The predicted octanol–water partition coefficient (Wildman–Crippen LogP) is 4.59. The highest BCUT2D eigenvalue weighted by molar-refractivity contribution is 5.97. The van der Waals surface area contributed by atoms with Gasteiger partial charge in [0, 0.05) is 37.9 Å². The fourth-order valence-electron chi connectivity index (χ4n) is 8.73. The summed E-state index contributed by atoms with van der Waals surface area (Å²) in [6.45, 7) is 5.94. The van der Waals surface area contributed by atoms with Gasteiger partial charge in [-0.3, -0.25) is 9.59 Å². The molecule has 0 radical (unpaired) electrons. The Kier molecular flexibility index (Phi) is 7.87. The number of hydrogen-bond acceptors (Lipinski definition) is 5. The van der Waals surface area contributed by atoms with Gasteiger partial charge >= 0.3 is 0 Å². The lowest BCUT2D eigenvalue weighted by atomic mass is 9.43. The number of nitrogens with one attached hydrogen (secondary N) is 3. The maximum Gasteiger partial charge on any atom is 0.262 e. The summed E-state index contributed by atoms with van der Waals surface area (Å²) in [5.41, 5.74) is 3.25. The van der Waals surface area contributed by atoms with Crippen molar-refractivity contribution in [3.05, 3.63) is 59.7 Å². The number of rotatable bonds is 11. The topological polar surface area (TPSA) is 82.7 Å². The van der Waals surface area contributed by atoms with Gasteiger partial charge in [-0.25, -0.2) is 0 Å². The molecule has 2 aromatic rings. The third kappa shape index (κ3) is 5.91. The third-order valence-corrected chi connectivity index (χ3v) is 9.96. The Bertz CT molecular complexity index is 1190. The van der Waals surface area contributed by atoms with E-state index in [-0.39, 0.29) is 23.8 Å². The van der Waals surface area contributed by atoms with Crippen LogP contribution in [0.4, 0.5) is 5.69 Å². The van der Waals surface area contributed by atoms with Crippen LogP contribution in [0.3, 0.4) is 0 Å². The molecule has 7 nitrogen and oxygen atoms in total. The standard InChI is InChI=1S/C33H44N4O3/c1-34-31(39)26-5-4-6-28(16-26)36-30(38)21-40-29-9-7-27(8-10-29)33-19-24-15-25(20-33)18-32(17-24,22-33)23-35-11-14-37-12-2-3-13-37/h4-10,16,24-25,35H,2-3,11-15,17-23H2,1H3,(H,34,39)(H,36,38). The first-order valence-corrected chi connectivity index (χ1v) is 15.2. The SMILES string of the molecule is CNC(=O)c1cccc(NC(=O)COc2ccc(C34CC5CC(CC(CNCCN6CCCC6)(C5)C3)C4)cc2)c1. The Morgan fingerprint density at radius 1 is 1.00 bits per heavy atom. The number of carbonyl (C=O) groups is 2. The fourth-order valence-corrected chi connectivity index (χ4v) is 8.73. The first-order valence-electron chi connectivity index (χ1n) is 15.2. The van der Waals surface area contributed by atoms with Crippen molar-refractivity contribution in [2.45, 2.75) is 56.8 Å². The van der Waals surface area contributed by atoms with E-state index < -0.39 is 0 Å². The zero-order chi connectivity index (χ0) is 27.6. The van der Waals surface area contributed by atoms with Crippen molar-refractivity contribution in [2.75, 3.05) is 51.7 Å². The molecular weight excluding hydrogens is 500 g/mol. The van der Waals surface area contributed by atoms with Gasteiger partial charge in [0.1, 0.15) is 5.75 Å². The summed E-state index contributed by atoms with van der Waals surface area (Å²) in [6, 6.07) is 15.5. The van der Waals surface area contributed by atoms with Crippen molar-refractivity contribution < 1.29 is 14.3 Å². The normalized spacial score (nSPS) is 28.9. The number of nitrogens with zero attached hydrogens (tertiary/aromatic N) is 1. The molecular formula is C33H44N4O3. The summed E-state index contributed by atoms with van der Waals surface area (Å²) < 4.78 is 5.83. The summed E-state index contributed by atoms with van der Waals surface area (Å²) in [4.78, 5) is 27.0. The van der Waals surface area contributed by atoms with Crippen molar-refractivity contribution in [1.82, 2.24) is 15.5 Å². The van der Waals surface area contributed by atoms with Crippen molar-refractivity contribution >= 4 is 17.5 Å². The largest absolute Gasteiger partial charge is 0.484 e. The molecule has 5 aliphatic rings. The Hall–Kier alpha value is -2.90. The summed E-state index contributed by atoms with van der Waals surface area (Å²) in [5.74, 6) is 1.97. The number of carbonyl (C=O) groups excluding carboxylic acids is 2. The lowest BCUT2D eigenvalue weighted by Gasteiger charge is -2.62. The third-order valence-electron chi connectivity index (χ3n) is 9.96. The first-order chi connectivity index (χ1) is 19.4. The van der Waals surface area contributed by atoms with Gasteiger partial charge in [-0.2, -0.15) is 0 Å². The average molecular weight is 545 g/mol. The lowest BCUT2D eigenvalue weighted by Crippen LogP contribution is -2.57. The van der Waals surface area contributed by atoms with Crippen LogP contribution in [0.5, 0.6) is 5.75 Å². The van der Waals surface area contributed by atoms with Crippen LogP contribution in [0.2, 0.25) is 0 Å². The van der Waals surface area contributed by atoms with E-state index in [0.29, 0.717) is 22.4 Å². The van der Waals surface area contributed by atoms with Gasteiger partial charge in [-0.05, 0) is 123 Å². The Balaban J connectivity index is 1.04. The van der Waals surface area contributed by atoms with E-state index in [1.807, 2.05) is 12.1 Å². The highest BCUT2D eigenvalue weighted by atomic mass is 16.5. The maximum absolute atomic E-state index is 12.5. The molecule has 4 saturated carbocycles. The predicted molar refractivity (Wildman–Crippen MR) is 158 cm³/mol. The molecule has 1 aliphatic heterocycles. The van der Waals surface area contributed by atoms with Crippen molar-refractivity contribution in [2.24, 2.45) is 17.3 Å². The second kappa shape index (κ2) is 11.5. The van der Waals surface area contributed by atoms with E-state index in [2.05, 4.69) is 33.0 Å². The van der Waals surface area contributed by atoms with Gasteiger partial charge in [0.05, 0.1) is 0 Å². The molecule has 2 unspecified atom stereocenters. The number of benzene rings is 2. The second-order valence-corrected chi connectivity index (χ2v) is 13.0. The first kappa shape index (κ1) is 27.3. The van der Waals surface area contributed by atoms with Gasteiger partial charge in [0.25, 0.3) is 11.8 Å². The lowest BCUT2D eigenvalue weighted by molar-refractivity contribution is -0.118. The van der Waals surface area contributed by atoms with E-state index in [0.717, 1.165) is 24.9 Å². The monoisotopic (exact) mass is 544 g/mol. The molecule has 2 amide bonds. The maximum atomic E-state index is 12.5.